The molecule has 1 N–H and O–H groups in total. The maximum Gasteiger partial charge on any atom is 0.319 e. The van der Waals surface area contributed by atoms with Crippen LogP contribution in [0.4, 0.5) is 8.78 Å². The van der Waals surface area contributed by atoms with Crippen molar-refractivity contribution >= 4 is 5.91 Å². The van der Waals surface area contributed by atoms with Crippen LogP contribution in [0.25, 0.3) is 0 Å². The van der Waals surface area contributed by atoms with E-state index in [1.165, 1.54) is 12.1 Å². The van der Waals surface area contributed by atoms with Gasteiger partial charge in [0.25, 0.3) is 5.91 Å². The molecule has 0 atom stereocenters. The molecule has 2 heterocycles. The fourth-order valence-corrected chi connectivity index (χ4v) is 2.29. The predicted octanol–water partition coefficient (Wildman–Crippen LogP) is 2.22. The number of halogens is 2. The van der Waals surface area contributed by atoms with E-state index in [4.69, 9.17) is 0 Å². The van der Waals surface area contributed by atoms with Gasteiger partial charge in [-0.05, 0) is 39.3 Å². The summed E-state index contributed by atoms with van der Waals surface area (Å²) in [7, 11) is 0. The van der Waals surface area contributed by atoms with Gasteiger partial charge in [0.15, 0.2) is 0 Å². The zero-order chi connectivity index (χ0) is 16.3. The summed E-state index contributed by atoms with van der Waals surface area (Å²) in [5.41, 5.74) is 0.328. The van der Waals surface area contributed by atoms with Gasteiger partial charge < -0.3 is 5.32 Å². The molecule has 2 aromatic rings. The van der Waals surface area contributed by atoms with Gasteiger partial charge in [-0.3, -0.25) is 14.0 Å². The molecule has 6 nitrogen and oxygen atoms in total. The molecule has 0 saturated carbocycles. The van der Waals surface area contributed by atoms with Gasteiger partial charge in [-0.2, -0.15) is 13.9 Å². The van der Waals surface area contributed by atoms with Crippen LogP contribution in [-0.4, -0.2) is 31.8 Å². The number of carbonyl (C=O) groups excluding carboxylic acids is 1. The average Bonchev–Trinajstić information content (AvgIpc) is 2.97. The van der Waals surface area contributed by atoms with Crippen molar-refractivity contribution in [3.8, 4) is 0 Å². The Balaban J connectivity index is 1.87. The highest BCUT2D eigenvalue weighted by atomic mass is 19.3. The lowest BCUT2D eigenvalue weighted by Gasteiger charge is -2.10. The van der Waals surface area contributed by atoms with Crippen molar-refractivity contribution in [2.45, 2.75) is 40.3 Å². The molecule has 0 bridgehead atoms. The van der Waals surface area contributed by atoms with Gasteiger partial charge in [0, 0.05) is 18.8 Å². The largest absolute Gasteiger partial charge is 0.351 e. The maximum absolute atomic E-state index is 12.9. The van der Waals surface area contributed by atoms with Gasteiger partial charge in [-0.25, -0.2) is 4.98 Å². The SMILES string of the molecule is Cc1nc(C)n(CCCNC(=O)c2ccc(C)n2C(F)F)n1. The monoisotopic (exact) mass is 311 g/mol. The molecule has 8 heteroatoms. The van der Waals surface area contributed by atoms with Gasteiger partial charge in [-0.15, -0.1) is 0 Å². The first-order valence-electron chi connectivity index (χ1n) is 7.02. The number of rotatable bonds is 6. The molecular formula is C14H19F2N5O. The molecule has 120 valence electrons. The number of aromatic nitrogens is 4. The standard InChI is InChI=1S/C14H19F2N5O/c1-9-5-6-12(21(9)14(15)16)13(22)17-7-4-8-20-11(3)18-10(2)19-20/h5-6,14H,4,7-8H2,1-3H3,(H,17,22). The Labute approximate surface area is 127 Å². The van der Waals surface area contributed by atoms with Gasteiger partial charge in [0.05, 0.1) is 0 Å². The third-order valence-corrected chi connectivity index (χ3v) is 3.34. The Morgan fingerprint density at radius 3 is 2.64 bits per heavy atom. The molecule has 0 spiro atoms. The zero-order valence-corrected chi connectivity index (χ0v) is 12.8. The molecular weight excluding hydrogens is 292 g/mol. The van der Waals surface area contributed by atoms with Crippen LogP contribution in [0.15, 0.2) is 12.1 Å². The highest BCUT2D eigenvalue weighted by Gasteiger charge is 2.18. The summed E-state index contributed by atoms with van der Waals surface area (Å²) in [4.78, 5) is 16.1. The number of carbonyl (C=O) groups is 1. The summed E-state index contributed by atoms with van der Waals surface area (Å²) < 4.78 is 28.3. The van der Waals surface area contributed by atoms with Crippen LogP contribution < -0.4 is 5.32 Å². The minimum Gasteiger partial charge on any atom is -0.351 e. The Morgan fingerprint density at radius 1 is 1.32 bits per heavy atom. The maximum atomic E-state index is 12.9. The molecule has 0 saturated heterocycles. The molecule has 2 aromatic heterocycles. The second-order valence-electron chi connectivity index (χ2n) is 5.05. The Bertz CT molecular complexity index is 662. The van der Waals surface area contributed by atoms with Crippen molar-refractivity contribution < 1.29 is 13.6 Å². The van der Waals surface area contributed by atoms with Crippen molar-refractivity contribution in [2.24, 2.45) is 0 Å². The van der Waals surface area contributed by atoms with Crippen molar-refractivity contribution in [1.29, 1.82) is 0 Å². The van der Waals surface area contributed by atoms with Crippen LogP contribution in [-0.2, 0) is 6.54 Å². The first-order chi connectivity index (χ1) is 10.4. The topological polar surface area (TPSA) is 64.7 Å². The molecule has 2 rings (SSSR count). The van der Waals surface area contributed by atoms with Crippen molar-refractivity contribution in [1.82, 2.24) is 24.6 Å². The lowest BCUT2D eigenvalue weighted by molar-refractivity contribution is 0.0618. The van der Waals surface area contributed by atoms with E-state index in [1.54, 1.807) is 11.6 Å². The van der Waals surface area contributed by atoms with Gasteiger partial charge in [0.1, 0.15) is 17.3 Å². The average molecular weight is 311 g/mol. The van der Waals surface area contributed by atoms with Gasteiger partial charge in [-0.1, -0.05) is 0 Å². The van der Waals surface area contributed by atoms with Crippen molar-refractivity contribution in [2.75, 3.05) is 6.54 Å². The summed E-state index contributed by atoms with van der Waals surface area (Å²) in [5.74, 6) is 1.01. The molecule has 0 aromatic carbocycles. The molecule has 0 aliphatic rings. The number of nitrogens with zero attached hydrogens (tertiary/aromatic N) is 4. The fraction of sp³-hybridized carbons (Fsp3) is 0.500. The van der Waals surface area contributed by atoms with Crippen LogP contribution in [0.3, 0.4) is 0 Å². The number of aryl methyl sites for hydroxylation is 4. The third-order valence-electron chi connectivity index (χ3n) is 3.34. The first-order valence-corrected chi connectivity index (χ1v) is 7.02. The smallest absolute Gasteiger partial charge is 0.319 e. The van der Waals surface area contributed by atoms with Crippen LogP contribution in [0.5, 0.6) is 0 Å². The highest BCUT2D eigenvalue weighted by Crippen LogP contribution is 2.18. The van der Waals surface area contributed by atoms with E-state index in [1.807, 2.05) is 13.8 Å². The number of nitrogens with one attached hydrogen (secondary N) is 1. The number of hydrogen-bond donors (Lipinski definition) is 1. The van der Waals surface area contributed by atoms with E-state index >= 15 is 0 Å². The molecule has 0 unspecified atom stereocenters. The third kappa shape index (κ3) is 3.49. The summed E-state index contributed by atoms with van der Waals surface area (Å²) in [6.07, 6.45) is 0.643. The second-order valence-corrected chi connectivity index (χ2v) is 5.05. The van der Waals surface area contributed by atoms with Crippen LogP contribution in [0.1, 0.15) is 40.8 Å². The normalized spacial score (nSPS) is 11.2. The van der Waals surface area contributed by atoms with E-state index < -0.39 is 12.5 Å². The quantitative estimate of drug-likeness (QED) is 0.832. The second kappa shape index (κ2) is 6.67. The fourth-order valence-electron chi connectivity index (χ4n) is 2.29. The molecule has 0 radical (unpaired) electrons. The Morgan fingerprint density at radius 2 is 2.05 bits per heavy atom. The van der Waals surface area contributed by atoms with E-state index in [0.717, 1.165) is 10.4 Å². The number of hydrogen-bond acceptors (Lipinski definition) is 3. The molecule has 0 fully saturated rings. The van der Waals surface area contributed by atoms with Crippen molar-refractivity contribution in [3.05, 3.63) is 35.2 Å². The van der Waals surface area contributed by atoms with Crippen LogP contribution in [0.2, 0.25) is 0 Å². The zero-order valence-electron chi connectivity index (χ0n) is 12.8. The lowest BCUT2D eigenvalue weighted by Crippen LogP contribution is -2.28. The minimum absolute atomic E-state index is 0.0275. The van der Waals surface area contributed by atoms with E-state index in [-0.39, 0.29) is 5.69 Å². The highest BCUT2D eigenvalue weighted by molar-refractivity contribution is 5.92. The molecule has 0 aliphatic carbocycles. The van der Waals surface area contributed by atoms with Gasteiger partial charge in [0.2, 0.25) is 0 Å². The summed E-state index contributed by atoms with van der Waals surface area (Å²) >= 11 is 0. The van der Waals surface area contributed by atoms with Gasteiger partial charge >= 0.3 is 6.55 Å². The lowest BCUT2D eigenvalue weighted by atomic mass is 10.3. The van der Waals surface area contributed by atoms with E-state index in [9.17, 15) is 13.6 Å². The van der Waals surface area contributed by atoms with Crippen molar-refractivity contribution in [3.63, 3.8) is 0 Å². The van der Waals surface area contributed by atoms with Crippen LogP contribution >= 0.6 is 0 Å². The first kappa shape index (κ1) is 16.1. The number of amides is 1. The summed E-state index contributed by atoms with van der Waals surface area (Å²) in [6.45, 7) is 3.48. The van der Waals surface area contributed by atoms with E-state index in [2.05, 4.69) is 15.4 Å². The number of alkyl halides is 2. The Kier molecular flexibility index (Phi) is 4.89. The molecule has 0 aliphatic heterocycles. The Hall–Kier alpha value is -2.25. The summed E-state index contributed by atoms with van der Waals surface area (Å²) in [5, 5.41) is 6.86. The molecule has 22 heavy (non-hydrogen) atoms. The van der Waals surface area contributed by atoms with E-state index in [0.29, 0.717) is 31.0 Å². The summed E-state index contributed by atoms with van der Waals surface area (Å²) in [6, 6.07) is 2.91. The predicted molar refractivity (Wildman–Crippen MR) is 76.9 cm³/mol. The molecule has 1 amide bonds. The minimum atomic E-state index is -2.73. The van der Waals surface area contributed by atoms with Crippen LogP contribution in [0, 0.1) is 20.8 Å².